The molecule has 1 aromatic rings. The van der Waals surface area contributed by atoms with E-state index in [4.69, 9.17) is 5.73 Å². The molecule has 0 aliphatic carbocycles. The molecule has 1 rings (SSSR count). The summed E-state index contributed by atoms with van der Waals surface area (Å²) in [5, 5.41) is 2.83. The highest BCUT2D eigenvalue weighted by atomic mass is 16.2. The minimum absolute atomic E-state index is 0.0991. The second kappa shape index (κ2) is 7.63. The highest BCUT2D eigenvalue weighted by molar-refractivity contribution is 5.81. The van der Waals surface area contributed by atoms with Gasteiger partial charge in [0.25, 0.3) is 0 Å². The Hall–Kier alpha value is -1.61. The maximum Gasteiger partial charge on any atom is 0.237 e. The summed E-state index contributed by atoms with van der Waals surface area (Å²) < 4.78 is 0. The van der Waals surface area contributed by atoms with Crippen LogP contribution in [0.15, 0.2) is 43.0 Å². The van der Waals surface area contributed by atoms with Gasteiger partial charge >= 0.3 is 0 Å². The molecular weight excluding hydrogens is 212 g/mol. The van der Waals surface area contributed by atoms with Crippen LogP contribution in [0, 0.1) is 0 Å². The van der Waals surface area contributed by atoms with Crippen LogP contribution < -0.4 is 11.1 Å². The summed E-state index contributed by atoms with van der Waals surface area (Å²) in [6.07, 6.45) is 4.08. The predicted octanol–water partition coefficient (Wildman–Crippen LogP) is 1.64. The second-order valence-corrected chi connectivity index (χ2v) is 4.01. The van der Waals surface area contributed by atoms with Gasteiger partial charge in [0.05, 0.1) is 6.04 Å². The molecule has 3 heteroatoms. The molecule has 0 aromatic heterocycles. The van der Waals surface area contributed by atoms with Crippen molar-refractivity contribution in [3.63, 3.8) is 0 Å². The molecule has 0 aliphatic rings. The van der Waals surface area contributed by atoms with Crippen molar-refractivity contribution in [1.82, 2.24) is 5.32 Å². The van der Waals surface area contributed by atoms with Crippen LogP contribution in [0.5, 0.6) is 0 Å². The number of benzene rings is 1. The van der Waals surface area contributed by atoms with Gasteiger partial charge in [0.2, 0.25) is 5.91 Å². The second-order valence-electron chi connectivity index (χ2n) is 4.01. The van der Waals surface area contributed by atoms with E-state index in [-0.39, 0.29) is 5.91 Å². The zero-order valence-electron chi connectivity index (χ0n) is 10.1. The number of hydrogen-bond donors (Lipinski definition) is 2. The van der Waals surface area contributed by atoms with Gasteiger partial charge in [-0.15, -0.1) is 6.58 Å². The number of nitrogens with one attached hydrogen (secondary N) is 1. The number of carbonyl (C=O) groups is 1. The lowest BCUT2D eigenvalue weighted by Gasteiger charge is -2.10. The van der Waals surface area contributed by atoms with Crippen LogP contribution >= 0.6 is 0 Å². The Morgan fingerprint density at radius 3 is 2.76 bits per heavy atom. The number of carbonyl (C=O) groups excluding carboxylic acids is 1. The summed E-state index contributed by atoms with van der Waals surface area (Å²) in [6, 6.07) is 9.75. The number of hydrogen-bond acceptors (Lipinski definition) is 2. The van der Waals surface area contributed by atoms with E-state index < -0.39 is 6.04 Å². The first-order valence-electron chi connectivity index (χ1n) is 5.92. The average molecular weight is 232 g/mol. The van der Waals surface area contributed by atoms with Crippen molar-refractivity contribution in [3.8, 4) is 0 Å². The molecule has 17 heavy (non-hydrogen) atoms. The molecule has 1 atom stereocenters. The Balaban J connectivity index is 2.16. The molecule has 1 amide bonds. The zero-order valence-corrected chi connectivity index (χ0v) is 10.1. The average Bonchev–Trinajstić information content (AvgIpc) is 2.36. The summed E-state index contributed by atoms with van der Waals surface area (Å²) in [6.45, 7) is 4.22. The van der Waals surface area contributed by atoms with Crippen molar-refractivity contribution >= 4 is 5.91 Å². The fourth-order valence-corrected chi connectivity index (χ4v) is 1.57. The van der Waals surface area contributed by atoms with Gasteiger partial charge < -0.3 is 11.1 Å². The highest BCUT2D eigenvalue weighted by Crippen LogP contribution is 2.01. The summed E-state index contributed by atoms with van der Waals surface area (Å²) in [5.74, 6) is -0.0991. The lowest BCUT2D eigenvalue weighted by atomic mass is 10.1. The Labute approximate surface area is 103 Å². The Morgan fingerprint density at radius 1 is 1.41 bits per heavy atom. The summed E-state index contributed by atoms with van der Waals surface area (Å²) >= 11 is 0. The first-order valence-corrected chi connectivity index (χ1v) is 5.92. The lowest BCUT2D eigenvalue weighted by Crippen LogP contribution is -2.40. The molecule has 3 N–H and O–H groups in total. The molecule has 0 heterocycles. The third-order valence-electron chi connectivity index (χ3n) is 2.54. The molecule has 0 bridgehead atoms. The Morgan fingerprint density at radius 2 is 2.12 bits per heavy atom. The van der Waals surface area contributed by atoms with Gasteiger partial charge in [-0.05, 0) is 24.8 Å². The van der Waals surface area contributed by atoms with Gasteiger partial charge in [-0.1, -0.05) is 36.4 Å². The van der Waals surface area contributed by atoms with Gasteiger partial charge in [0.15, 0.2) is 0 Å². The van der Waals surface area contributed by atoms with E-state index in [0.29, 0.717) is 13.0 Å². The van der Waals surface area contributed by atoms with Crippen molar-refractivity contribution in [2.24, 2.45) is 5.73 Å². The van der Waals surface area contributed by atoms with E-state index in [1.165, 1.54) is 5.56 Å². The Bertz CT molecular complexity index is 348. The van der Waals surface area contributed by atoms with Crippen molar-refractivity contribution in [3.05, 3.63) is 48.6 Å². The highest BCUT2D eigenvalue weighted by Gasteiger charge is 2.09. The molecule has 0 spiro atoms. The first kappa shape index (κ1) is 13.5. The minimum Gasteiger partial charge on any atom is -0.355 e. The third kappa shape index (κ3) is 5.31. The van der Waals surface area contributed by atoms with Crippen molar-refractivity contribution < 1.29 is 4.79 Å². The number of nitrogens with two attached hydrogens (primary N) is 1. The molecule has 92 valence electrons. The maximum atomic E-state index is 11.5. The quantitative estimate of drug-likeness (QED) is 0.554. The summed E-state index contributed by atoms with van der Waals surface area (Å²) in [4.78, 5) is 11.5. The van der Waals surface area contributed by atoms with Gasteiger partial charge in [-0.2, -0.15) is 0 Å². The zero-order chi connectivity index (χ0) is 12.5. The molecule has 0 saturated carbocycles. The molecule has 0 radical (unpaired) electrons. The van der Waals surface area contributed by atoms with Crippen LogP contribution in [0.3, 0.4) is 0 Å². The van der Waals surface area contributed by atoms with Crippen molar-refractivity contribution in [1.29, 1.82) is 0 Å². The van der Waals surface area contributed by atoms with Crippen LogP contribution in [-0.2, 0) is 11.2 Å². The standard InChI is InChI=1S/C14H20N2O/c1-2-7-13(15)14(17)16-11-6-10-12-8-4-3-5-9-12/h2-5,8-9,13H,1,6-7,10-11,15H2,(H,16,17). The molecule has 0 saturated heterocycles. The maximum absolute atomic E-state index is 11.5. The number of aryl methyl sites for hydroxylation is 1. The normalized spacial score (nSPS) is 11.8. The third-order valence-corrected chi connectivity index (χ3v) is 2.54. The van der Waals surface area contributed by atoms with E-state index in [0.717, 1.165) is 12.8 Å². The topological polar surface area (TPSA) is 55.1 Å². The monoisotopic (exact) mass is 232 g/mol. The molecule has 0 aliphatic heterocycles. The molecule has 1 unspecified atom stereocenters. The molecular formula is C14H20N2O. The fourth-order valence-electron chi connectivity index (χ4n) is 1.57. The predicted molar refractivity (Wildman–Crippen MR) is 70.6 cm³/mol. The lowest BCUT2D eigenvalue weighted by molar-refractivity contribution is -0.122. The first-order chi connectivity index (χ1) is 8.24. The minimum atomic E-state index is -0.468. The Kier molecular flexibility index (Phi) is 6.04. The molecule has 3 nitrogen and oxygen atoms in total. The van der Waals surface area contributed by atoms with Crippen LogP contribution in [0.1, 0.15) is 18.4 Å². The van der Waals surface area contributed by atoms with E-state index >= 15 is 0 Å². The van der Waals surface area contributed by atoms with Gasteiger partial charge in [0, 0.05) is 6.54 Å². The number of rotatable bonds is 7. The van der Waals surface area contributed by atoms with E-state index in [9.17, 15) is 4.79 Å². The SMILES string of the molecule is C=CCC(N)C(=O)NCCCc1ccccc1. The summed E-state index contributed by atoms with van der Waals surface area (Å²) in [5.41, 5.74) is 6.93. The fraction of sp³-hybridized carbons (Fsp3) is 0.357. The smallest absolute Gasteiger partial charge is 0.237 e. The number of amides is 1. The van der Waals surface area contributed by atoms with Gasteiger partial charge in [-0.3, -0.25) is 4.79 Å². The molecule has 1 aromatic carbocycles. The van der Waals surface area contributed by atoms with Crippen LogP contribution in [0.25, 0.3) is 0 Å². The van der Waals surface area contributed by atoms with E-state index in [2.05, 4.69) is 24.0 Å². The van der Waals surface area contributed by atoms with Crippen molar-refractivity contribution in [2.45, 2.75) is 25.3 Å². The molecule has 0 fully saturated rings. The van der Waals surface area contributed by atoms with Crippen LogP contribution in [0.2, 0.25) is 0 Å². The van der Waals surface area contributed by atoms with Crippen molar-refractivity contribution in [2.75, 3.05) is 6.54 Å². The van der Waals surface area contributed by atoms with E-state index in [1.807, 2.05) is 18.2 Å². The van der Waals surface area contributed by atoms with E-state index in [1.54, 1.807) is 6.08 Å². The van der Waals surface area contributed by atoms with Crippen LogP contribution in [-0.4, -0.2) is 18.5 Å². The summed E-state index contributed by atoms with van der Waals surface area (Å²) in [7, 11) is 0. The van der Waals surface area contributed by atoms with Gasteiger partial charge in [0.1, 0.15) is 0 Å². The van der Waals surface area contributed by atoms with Gasteiger partial charge in [-0.25, -0.2) is 0 Å². The van der Waals surface area contributed by atoms with Crippen LogP contribution in [0.4, 0.5) is 0 Å². The largest absolute Gasteiger partial charge is 0.355 e.